The van der Waals surface area contributed by atoms with E-state index in [2.05, 4.69) is 15.3 Å². The zero-order valence-electron chi connectivity index (χ0n) is 19.6. The third-order valence-corrected chi connectivity index (χ3v) is 7.27. The van der Waals surface area contributed by atoms with E-state index in [0.29, 0.717) is 30.9 Å². The maximum Gasteiger partial charge on any atom is 0.431 e. The van der Waals surface area contributed by atoms with Crippen molar-refractivity contribution < 1.29 is 31.2 Å². The average molecular weight is 535 g/mol. The number of pyridine rings is 1. The van der Waals surface area contributed by atoms with Gasteiger partial charge in [-0.1, -0.05) is 25.4 Å². The minimum absolute atomic E-state index is 0.0257. The van der Waals surface area contributed by atoms with E-state index in [9.17, 15) is 31.2 Å². The smallest absolute Gasteiger partial charge is 0.325 e. The van der Waals surface area contributed by atoms with Crippen molar-refractivity contribution in [3.63, 3.8) is 0 Å². The zero-order valence-corrected chi connectivity index (χ0v) is 21.2. The lowest BCUT2D eigenvalue weighted by molar-refractivity contribution is -0.117. The third kappa shape index (κ3) is 7.38. The van der Waals surface area contributed by atoms with E-state index in [-0.39, 0.29) is 56.8 Å². The number of nitrogens with zero attached hydrogens (tertiary/aromatic N) is 2. The Hall–Kier alpha value is -2.73. The largest absolute Gasteiger partial charge is 0.431 e. The molecule has 2 rings (SSSR count). The predicted molar refractivity (Wildman–Crippen MR) is 127 cm³/mol. The number of carbonyl (C=O) groups is 2. The minimum Gasteiger partial charge on any atom is -0.325 e. The van der Waals surface area contributed by atoms with Crippen LogP contribution in [0.4, 0.5) is 19.0 Å². The highest BCUT2D eigenvalue weighted by atomic mass is 35.5. The number of aliphatic imine (C=N–C) groups is 1. The molecule has 1 aromatic heterocycles. The van der Waals surface area contributed by atoms with Gasteiger partial charge in [0.2, 0.25) is 12.3 Å². The van der Waals surface area contributed by atoms with Crippen molar-refractivity contribution in [2.45, 2.75) is 58.0 Å². The quantitative estimate of drug-likeness (QED) is 0.259. The molecule has 0 aliphatic heterocycles. The molecule has 0 radical (unpaired) electrons. The van der Waals surface area contributed by atoms with Gasteiger partial charge in [0.15, 0.2) is 15.7 Å². The molecule has 192 valence electrons. The average Bonchev–Trinajstić information content (AvgIpc) is 3.63. The first-order chi connectivity index (χ1) is 16.2. The molecule has 8 nitrogen and oxygen atoms in total. The van der Waals surface area contributed by atoms with E-state index < -0.39 is 21.7 Å². The number of nitrogens with one attached hydrogen (secondary N) is 2. The van der Waals surface area contributed by atoms with Crippen LogP contribution in [0.1, 0.15) is 52.7 Å². The van der Waals surface area contributed by atoms with Crippen LogP contribution in [0, 0.1) is 5.92 Å². The first kappa shape index (κ1) is 28.5. The number of sulfone groups is 1. The maximum absolute atomic E-state index is 13.3. The topological polar surface area (TPSA) is 118 Å². The Morgan fingerprint density at radius 2 is 1.91 bits per heavy atom. The number of hydrogen-bond donors (Lipinski definition) is 2. The molecule has 2 N–H and O–H groups in total. The summed E-state index contributed by atoms with van der Waals surface area (Å²) in [5.41, 5.74) is -1.21. The van der Waals surface area contributed by atoms with Crippen molar-refractivity contribution in [3.8, 4) is 0 Å². The summed E-state index contributed by atoms with van der Waals surface area (Å²) in [7, 11) is -3.87. The van der Waals surface area contributed by atoms with Crippen LogP contribution in [0.2, 0.25) is 5.02 Å². The summed E-state index contributed by atoms with van der Waals surface area (Å²) >= 11 is 6.20. The van der Waals surface area contributed by atoms with Crippen molar-refractivity contribution in [2.75, 3.05) is 11.1 Å². The van der Waals surface area contributed by atoms with Crippen molar-refractivity contribution in [1.82, 2.24) is 10.3 Å². The molecular formula is C22H26ClF3N4O4S. The maximum atomic E-state index is 13.3. The molecule has 0 atom stereocenters. The third-order valence-electron chi connectivity index (χ3n) is 5.25. The first-order valence-corrected chi connectivity index (χ1v) is 12.8. The number of amides is 2. The van der Waals surface area contributed by atoms with Gasteiger partial charge in [-0.2, -0.15) is 13.2 Å². The molecule has 2 amide bonds. The molecule has 1 saturated carbocycles. The molecule has 0 saturated heterocycles. The van der Waals surface area contributed by atoms with E-state index in [0.717, 1.165) is 6.07 Å². The highest BCUT2D eigenvalue weighted by Crippen LogP contribution is 2.33. The van der Waals surface area contributed by atoms with E-state index >= 15 is 0 Å². The highest BCUT2D eigenvalue weighted by molar-refractivity contribution is 7.91. The van der Waals surface area contributed by atoms with Crippen LogP contribution < -0.4 is 10.6 Å². The Bertz CT molecular complexity index is 1200. The van der Waals surface area contributed by atoms with E-state index in [1.54, 1.807) is 19.2 Å². The number of rotatable bonds is 10. The Morgan fingerprint density at radius 1 is 1.29 bits per heavy atom. The summed E-state index contributed by atoms with van der Waals surface area (Å²) in [6, 6.07) is 1.14. The molecule has 0 aromatic carbocycles. The molecular weight excluding hydrogens is 509 g/mol. The van der Waals surface area contributed by atoms with Crippen LogP contribution in [-0.4, -0.2) is 43.4 Å². The molecule has 1 aliphatic rings. The minimum atomic E-state index is -4.86. The second-order valence-electron chi connectivity index (χ2n) is 7.87. The molecule has 13 heteroatoms. The van der Waals surface area contributed by atoms with Crippen molar-refractivity contribution >= 4 is 45.3 Å². The Labute approximate surface area is 206 Å². The van der Waals surface area contributed by atoms with E-state index in [1.807, 2.05) is 0 Å². The monoisotopic (exact) mass is 534 g/mol. The van der Waals surface area contributed by atoms with Crippen molar-refractivity contribution in [1.29, 1.82) is 0 Å². The number of hydrogen-bond acceptors (Lipinski definition) is 6. The molecule has 1 heterocycles. The number of anilines is 1. The fourth-order valence-corrected chi connectivity index (χ4v) is 4.21. The van der Waals surface area contributed by atoms with Crippen LogP contribution in [-0.2, 0) is 19.4 Å². The standard InChI is InChI=1S/C22H26ClF3N4O4S/c1-5-12(3)16(10-18(27-11-31)22(24,25)26)28-13(4)19-17(35(33,34)6-2)9-15(23)20(29-19)30-21(32)14-7-8-14/h9-11,14H,5-8H2,1-4H3,(H,27,31)(H,29,30,32)/b16-12+,18-10-,28-13+. The number of carbonyl (C=O) groups excluding carboxylic acids is 2. The van der Waals surface area contributed by atoms with Gasteiger partial charge in [-0.05, 0) is 50.8 Å². The van der Waals surface area contributed by atoms with Crippen LogP contribution in [0.5, 0.6) is 0 Å². The highest BCUT2D eigenvalue weighted by Gasteiger charge is 2.34. The Kier molecular flexibility index (Phi) is 9.23. The van der Waals surface area contributed by atoms with E-state index in [1.165, 1.54) is 13.8 Å². The molecule has 0 bridgehead atoms. The summed E-state index contributed by atoms with van der Waals surface area (Å²) in [6.45, 7) is 6.05. The summed E-state index contributed by atoms with van der Waals surface area (Å²) in [5, 5.41) is 4.09. The van der Waals surface area contributed by atoms with Crippen molar-refractivity contribution in [3.05, 3.63) is 39.8 Å². The first-order valence-electron chi connectivity index (χ1n) is 10.7. The molecule has 0 unspecified atom stereocenters. The van der Waals surface area contributed by atoms with Gasteiger partial charge in [-0.3, -0.25) is 14.6 Å². The number of allylic oxidation sites excluding steroid dienone is 3. The van der Waals surface area contributed by atoms with Gasteiger partial charge in [0.05, 0.1) is 27.1 Å². The number of aromatic nitrogens is 1. The van der Waals surface area contributed by atoms with Crippen LogP contribution >= 0.6 is 11.6 Å². The molecule has 1 fully saturated rings. The van der Waals surface area contributed by atoms with Crippen LogP contribution in [0.3, 0.4) is 0 Å². The molecule has 0 spiro atoms. The summed E-state index contributed by atoms with van der Waals surface area (Å²) in [4.78, 5) is 31.1. The lowest BCUT2D eigenvalue weighted by atomic mass is 10.1. The molecule has 35 heavy (non-hydrogen) atoms. The fourth-order valence-electron chi connectivity index (χ4n) is 2.85. The second-order valence-corrected chi connectivity index (χ2v) is 10.5. The SMILES string of the molecule is CC/C(C)=C(\C=C(/NC=O)C(F)(F)F)/N=C(\C)c1nc(NC(=O)C2CC2)c(Cl)cc1S(=O)(=O)CC. The van der Waals surface area contributed by atoms with Gasteiger partial charge < -0.3 is 10.6 Å². The van der Waals surface area contributed by atoms with Crippen LogP contribution in [0.15, 0.2) is 39.0 Å². The normalized spacial score (nSPS) is 16.0. The summed E-state index contributed by atoms with van der Waals surface area (Å²) in [5.74, 6) is -0.860. The second kappa shape index (κ2) is 11.3. The van der Waals surface area contributed by atoms with Gasteiger partial charge >= 0.3 is 6.18 Å². The van der Waals surface area contributed by atoms with Gasteiger partial charge in [-0.25, -0.2) is 13.4 Å². The number of halogens is 4. The molecule has 1 aromatic rings. The van der Waals surface area contributed by atoms with Gasteiger partial charge in [0.25, 0.3) is 0 Å². The Balaban J connectivity index is 2.72. The summed E-state index contributed by atoms with van der Waals surface area (Å²) < 4.78 is 65.5. The lowest BCUT2D eigenvalue weighted by Crippen LogP contribution is -2.25. The summed E-state index contributed by atoms with van der Waals surface area (Å²) in [6.07, 6.45) is -2.55. The van der Waals surface area contributed by atoms with Gasteiger partial charge in [0.1, 0.15) is 11.4 Å². The predicted octanol–water partition coefficient (Wildman–Crippen LogP) is 4.56. The molecule has 1 aliphatic carbocycles. The van der Waals surface area contributed by atoms with Crippen molar-refractivity contribution in [2.24, 2.45) is 10.9 Å². The van der Waals surface area contributed by atoms with Crippen LogP contribution in [0.25, 0.3) is 0 Å². The number of alkyl halides is 3. The zero-order chi connectivity index (χ0) is 26.6. The fraction of sp³-hybridized carbons (Fsp3) is 0.455. The Morgan fingerprint density at radius 3 is 2.40 bits per heavy atom. The van der Waals surface area contributed by atoms with Gasteiger partial charge in [0, 0.05) is 5.92 Å². The lowest BCUT2D eigenvalue weighted by Gasteiger charge is -2.15. The van der Waals surface area contributed by atoms with E-state index in [4.69, 9.17) is 11.6 Å². The van der Waals surface area contributed by atoms with Gasteiger partial charge in [-0.15, -0.1) is 0 Å².